The first-order chi connectivity index (χ1) is 7.28. The summed E-state index contributed by atoms with van der Waals surface area (Å²) in [5, 5.41) is 0. The molecule has 0 amide bonds. The van der Waals surface area contributed by atoms with Crippen LogP contribution in [0.5, 0.6) is 0 Å². The molecule has 15 heavy (non-hydrogen) atoms. The van der Waals surface area contributed by atoms with Gasteiger partial charge in [-0.1, -0.05) is 0 Å². The van der Waals surface area contributed by atoms with E-state index in [0.29, 0.717) is 0 Å². The number of nitrogens with one attached hydrogen (secondary N) is 1. The van der Waals surface area contributed by atoms with Crippen LogP contribution >= 0.6 is 0 Å². The van der Waals surface area contributed by atoms with Gasteiger partial charge in [0.1, 0.15) is 5.82 Å². The highest BCUT2D eigenvalue weighted by atomic mass is 15.0. The molecule has 2 heterocycles. The van der Waals surface area contributed by atoms with Crippen molar-refractivity contribution in [2.45, 2.75) is 18.4 Å². The molecule has 4 heteroatoms. The first-order valence-electron chi connectivity index (χ1n) is 5.03. The highest BCUT2D eigenvalue weighted by Gasteiger charge is 2.42. The number of hydrogen-bond acceptors (Lipinski definition) is 3. The molecule has 1 saturated carbocycles. The van der Waals surface area contributed by atoms with Crippen LogP contribution in [0, 0.1) is 0 Å². The molecule has 0 aromatic carbocycles. The van der Waals surface area contributed by atoms with Crippen molar-refractivity contribution in [3.8, 4) is 11.3 Å². The molecule has 0 atom stereocenters. The Kier molecular flexibility index (Phi) is 1.67. The summed E-state index contributed by atoms with van der Waals surface area (Å²) >= 11 is 0. The van der Waals surface area contributed by atoms with Crippen molar-refractivity contribution in [2.75, 3.05) is 0 Å². The van der Waals surface area contributed by atoms with Crippen molar-refractivity contribution in [1.82, 2.24) is 15.0 Å². The van der Waals surface area contributed by atoms with E-state index in [0.717, 1.165) is 29.9 Å². The zero-order valence-corrected chi connectivity index (χ0v) is 8.27. The molecule has 0 saturated heterocycles. The van der Waals surface area contributed by atoms with Crippen LogP contribution in [-0.4, -0.2) is 15.0 Å². The average molecular weight is 200 g/mol. The number of pyridine rings is 1. The summed E-state index contributed by atoms with van der Waals surface area (Å²) in [6.45, 7) is 0. The van der Waals surface area contributed by atoms with E-state index in [4.69, 9.17) is 5.73 Å². The summed E-state index contributed by atoms with van der Waals surface area (Å²) in [7, 11) is 0. The molecule has 0 spiro atoms. The number of imidazole rings is 1. The average Bonchev–Trinajstić information content (AvgIpc) is 2.85. The lowest BCUT2D eigenvalue weighted by Gasteiger charge is -2.02. The molecule has 1 aliphatic carbocycles. The third-order valence-corrected chi connectivity index (χ3v) is 2.83. The molecule has 76 valence electrons. The second kappa shape index (κ2) is 2.90. The Balaban J connectivity index is 1.97. The number of aromatic nitrogens is 3. The van der Waals surface area contributed by atoms with E-state index >= 15 is 0 Å². The van der Waals surface area contributed by atoms with E-state index in [1.165, 1.54) is 0 Å². The van der Waals surface area contributed by atoms with Gasteiger partial charge in [-0.3, -0.25) is 4.98 Å². The fourth-order valence-electron chi connectivity index (χ4n) is 1.62. The van der Waals surface area contributed by atoms with Crippen molar-refractivity contribution in [1.29, 1.82) is 0 Å². The second-order valence-corrected chi connectivity index (χ2v) is 4.04. The van der Waals surface area contributed by atoms with E-state index in [9.17, 15) is 0 Å². The third kappa shape index (κ3) is 1.43. The minimum absolute atomic E-state index is 0.189. The molecule has 3 N–H and O–H groups in total. The summed E-state index contributed by atoms with van der Waals surface area (Å²) in [5.41, 5.74) is 7.96. The normalized spacial score (nSPS) is 17.7. The summed E-state index contributed by atoms with van der Waals surface area (Å²) in [4.78, 5) is 11.6. The number of rotatable bonds is 2. The summed E-state index contributed by atoms with van der Waals surface area (Å²) in [5.74, 6) is 0.898. The summed E-state index contributed by atoms with van der Waals surface area (Å²) in [6.07, 6.45) is 7.42. The number of aromatic amines is 1. The van der Waals surface area contributed by atoms with Crippen molar-refractivity contribution >= 4 is 0 Å². The Morgan fingerprint density at radius 3 is 2.67 bits per heavy atom. The zero-order valence-electron chi connectivity index (χ0n) is 8.27. The van der Waals surface area contributed by atoms with Gasteiger partial charge in [-0.25, -0.2) is 4.98 Å². The minimum atomic E-state index is -0.189. The summed E-state index contributed by atoms with van der Waals surface area (Å²) < 4.78 is 0. The van der Waals surface area contributed by atoms with E-state index < -0.39 is 0 Å². The summed E-state index contributed by atoms with van der Waals surface area (Å²) in [6, 6.07) is 3.90. The van der Waals surface area contributed by atoms with Crippen LogP contribution in [0.2, 0.25) is 0 Å². The fourth-order valence-corrected chi connectivity index (χ4v) is 1.62. The lowest BCUT2D eigenvalue weighted by Crippen LogP contribution is -2.20. The smallest absolute Gasteiger partial charge is 0.126 e. The Morgan fingerprint density at radius 2 is 2.00 bits per heavy atom. The van der Waals surface area contributed by atoms with Crippen molar-refractivity contribution in [2.24, 2.45) is 5.73 Å². The minimum Gasteiger partial charge on any atom is -0.340 e. The standard InChI is InChI=1S/C11H12N4/c12-11(3-4-11)10-14-7-9(15-10)8-1-5-13-6-2-8/h1-2,5-7H,3-4,12H2,(H,14,15). The zero-order chi connectivity index (χ0) is 10.3. The third-order valence-electron chi connectivity index (χ3n) is 2.83. The number of nitrogens with two attached hydrogens (primary N) is 1. The Bertz CT molecular complexity index is 470. The van der Waals surface area contributed by atoms with Gasteiger partial charge in [0.05, 0.1) is 17.4 Å². The van der Waals surface area contributed by atoms with Gasteiger partial charge in [0.15, 0.2) is 0 Å². The molecule has 0 aliphatic heterocycles. The van der Waals surface area contributed by atoms with Gasteiger partial charge in [0, 0.05) is 18.0 Å². The van der Waals surface area contributed by atoms with Crippen LogP contribution in [0.1, 0.15) is 18.7 Å². The fraction of sp³-hybridized carbons (Fsp3) is 0.273. The molecule has 2 aromatic rings. The predicted molar refractivity (Wildman–Crippen MR) is 56.9 cm³/mol. The van der Waals surface area contributed by atoms with Crippen molar-refractivity contribution in [3.05, 3.63) is 36.5 Å². The number of hydrogen-bond donors (Lipinski definition) is 2. The molecular formula is C11H12N4. The SMILES string of the molecule is NC1(c2ncc(-c3ccncc3)[nH]2)CC1. The van der Waals surface area contributed by atoms with Crippen molar-refractivity contribution < 1.29 is 0 Å². The van der Waals surface area contributed by atoms with E-state index in [2.05, 4.69) is 15.0 Å². The number of nitrogens with zero attached hydrogens (tertiary/aromatic N) is 2. The Labute approximate surface area is 87.6 Å². The van der Waals surface area contributed by atoms with Crippen LogP contribution < -0.4 is 5.73 Å². The van der Waals surface area contributed by atoms with Crippen LogP contribution in [0.3, 0.4) is 0 Å². The van der Waals surface area contributed by atoms with Gasteiger partial charge in [0.25, 0.3) is 0 Å². The molecule has 1 fully saturated rings. The van der Waals surface area contributed by atoms with Gasteiger partial charge in [0.2, 0.25) is 0 Å². The lowest BCUT2D eigenvalue weighted by molar-refractivity contribution is 0.685. The van der Waals surface area contributed by atoms with Crippen LogP contribution in [0.15, 0.2) is 30.7 Å². The predicted octanol–water partition coefficient (Wildman–Crippen LogP) is 1.42. The quantitative estimate of drug-likeness (QED) is 0.770. The molecule has 1 aliphatic rings. The first kappa shape index (κ1) is 8.61. The van der Waals surface area contributed by atoms with Crippen LogP contribution in [0.25, 0.3) is 11.3 Å². The van der Waals surface area contributed by atoms with Crippen LogP contribution in [0.4, 0.5) is 0 Å². The van der Waals surface area contributed by atoms with Gasteiger partial charge in [-0.2, -0.15) is 0 Å². The molecule has 2 aromatic heterocycles. The highest BCUT2D eigenvalue weighted by Crippen LogP contribution is 2.41. The molecular weight excluding hydrogens is 188 g/mol. The van der Waals surface area contributed by atoms with Gasteiger partial charge in [-0.15, -0.1) is 0 Å². The molecule has 3 rings (SSSR count). The lowest BCUT2D eigenvalue weighted by atomic mass is 10.2. The maximum atomic E-state index is 6.05. The van der Waals surface area contributed by atoms with Gasteiger partial charge in [-0.05, 0) is 25.0 Å². The molecule has 0 bridgehead atoms. The Hall–Kier alpha value is -1.68. The van der Waals surface area contributed by atoms with Crippen LogP contribution in [-0.2, 0) is 5.54 Å². The van der Waals surface area contributed by atoms with E-state index in [1.54, 1.807) is 12.4 Å². The molecule has 4 nitrogen and oxygen atoms in total. The second-order valence-electron chi connectivity index (χ2n) is 4.04. The monoisotopic (exact) mass is 200 g/mol. The van der Waals surface area contributed by atoms with Crippen molar-refractivity contribution in [3.63, 3.8) is 0 Å². The topological polar surface area (TPSA) is 67.6 Å². The first-order valence-corrected chi connectivity index (χ1v) is 5.03. The molecule has 0 radical (unpaired) electrons. The van der Waals surface area contributed by atoms with Gasteiger partial charge < -0.3 is 10.7 Å². The maximum Gasteiger partial charge on any atom is 0.126 e. The Morgan fingerprint density at radius 1 is 1.27 bits per heavy atom. The molecule has 0 unspecified atom stereocenters. The van der Waals surface area contributed by atoms with E-state index in [1.807, 2.05) is 18.3 Å². The number of H-pyrrole nitrogens is 1. The van der Waals surface area contributed by atoms with E-state index in [-0.39, 0.29) is 5.54 Å². The van der Waals surface area contributed by atoms with Gasteiger partial charge >= 0.3 is 0 Å². The largest absolute Gasteiger partial charge is 0.340 e. The maximum absolute atomic E-state index is 6.05. The highest BCUT2D eigenvalue weighted by molar-refractivity contribution is 5.57.